The van der Waals surface area contributed by atoms with E-state index in [9.17, 15) is 0 Å². The van der Waals surface area contributed by atoms with Crippen LogP contribution in [0.4, 0.5) is 0 Å². The third-order valence-electron chi connectivity index (χ3n) is 23.7. The molecule has 3 heterocycles. The van der Waals surface area contributed by atoms with Crippen LogP contribution < -0.4 is 10.4 Å². The lowest BCUT2D eigenvalue weighted by atomic mass is 9.97. The number of allylic oxidation sites excluding steroid dienone is 1. The molecule has 652 valence electrons. The molecule has 121 heavy (non-hydrogen) atoms. The Kier molecular flexibility index (Phi) is 41.4. The highest BCUT2D eigenvalue weighted by Gasteiger charge is 2.54. The van der Waals surface area contributed by atoms with E-state index < -0.39 is 93.9 Å². The Balaban J connectivity index is 0.838. The standard InChI is InChI=1S/C105H138O15Si/c1-5-6-7-8-9-10-11-12-15-18-21-24-47-66-89-73-95(106)108-81-94-98(111-76-84-56-37-28-38-57-84)100(113-78-86-60-41-30-42-61-86)102(115-80-88-64-45-32-46-65-88)104(120-94)118-90(67-48-25-22-19-16-13-14-17-20-23-26-53-72-116-121(105(2,3)4,91-68-49-33-50-69-91)92-70-51-34-52-71-92)74-96(107)109-82-93-97(110-75-83-54-35-27-36-55-83)99(112-77-85-58-39-29-40-59-85)101(103(117-89)119-93)114-79-87-62-43-31-44-63-87/h5,27-46,49-52,54-65,68-71,89-90,93-94,97-104H,1,6-26,47-48,53,66-67,72-82H2,2-4H3/t89?,90?,93-,94-,97-,98-,99+,100+,101-,102-,103-,104-/m1/s1. The largest absolute Gasteiger partial charge is 0.463 e. The van der Waals surface area contributed by atoms with E-state index in [1.165, 1.54) is 87.4 Å². The van der Waals surface area contributed by atoms with Crippen LogP contribution in [0.5, 0.6) is 0 Å². The topological polar surface area (TPSA) is 154 Å². The fourth-order valence-electron chi connectivity index (χ4n) is 17.1. The van der Waals surface area contributed by atoms with E-state index in [0.29, 0.717) is 12.8 Å². The molecule has 0 amide bonds. The third-order valence-corrected chi connectivity index (χ3v) is 28.8. The zero-order chi connectivity index (χ0) is 84.0. The summed E-state index contributed by atoms with van der Waals surface area (Å²) in [5, 5.41) is 2.61. The van der Waals surface area contributed by atoms with Crippen LogP contribution in [0, 0.1) is 0 Å². The van der Waals surface area contributed by atoms with Crippen LogP contribution in [-0.4, -0.2) is 114 Å². The molecule has 0 spiro atoms. The number of hydrogen-bond donors (Lipinski definition) is 0. The number of cyclic esters (lactones) is 2. The van der Waals surface area contributed by atoms with Crippen molar-refractivity contribution in [3.8, 4) is 0 Å². The van der Waals surface area contributed by atoms with E-state index in [0.717, 1.165) is 117 Å². The van der Waals surface area contributed by atoms with Gasteiger partial charge in [0, 0.05) is 6.61 Å². The van der Waals surface area contributed by atoms with Gasteiger partial charge < -0.3 is 61.3 Å². The van der Waals surface area contributed by atoms with Crippen LogP contribution in [0.2, 0.25) is 5.04 Å². The van der Waals surface area contributed by atoms with E-state index in [4.69, 9.17) is 61.3 Å². The molecule has 3 aliphatic rings. The summed E-state index contributed by atoms with van der Waals surface area (Å²) in [6.07, 6.45) is 18.6. The molecule has 0 aliphatic carbocycles. The van der Waals surface area contributed by atoms with Crippen molar-refractivity contribution in [1.82, 2.24) is 0 Å². The summed E-state index contributed by atoms with van der Waals surface area (Å²) in [5.41, 5.74) is 5.61. The van der Waals surface area contributed by atoms with Crippen molar-refractivity contribution < 1.29 is 70.9 Å². The maximum Gasteiger partial charge on any atom is 0.308 e. The lowest BCUT2D eigenvalue weighted by molar-refractivity contribution is -0.338. The zero-order valence-electron chi connectivity index (χ0n) is 72.6. The molecule has 0 aromatic heterocycles. The van der Waals surface area contributed by atoms with Gasteiger partial charge in [-0.2, -0.15) is 0 Å². The number of carbonyl (C=O) groups excluding carboxylic acids is 2. The van der Waals surface area contributed by atoms with Gasteiger partial charge >= 0.3 is 11.9 Å². The summed E-state index contributed by atoms with van der Waals surface area (Å²) in [4.78, 5) is 30.6. The summed E-state index contributed by atoms with van der Waals surface area (Å²) < 4.78 is 92.4. The average Bonchev–Trinajstić information content (AvgIpc) is 0.728. The second-order valence-corrected chi connectivity index (χ2v) is 38.5. The summed E-state index contributed by atoms with van der Waals surface area (Å²) in [6.45, 7) is 12.4. The second-order valence-electron chi connectivity index (χ2n) is 34.2. The number of esters is 2. The fourth-order valence-corrected chi connectivity index (χ4v) is 21.7. The van der Waals surface area contributed by atoms with Gasteiger partial charge in [0.1, 0.15) is 62.0 Å². The van der Waals surface area contributed by atoms with Crippen molar-refractivity contribution in [2.24, 2.45) is 0 Å². The van der Waals surface area contributed by atoms with E-state index in [1.807, 2.05) is 188 Å². The SMILES string of the molecule is C=CCCCCCCCCCCCCCC1CC(=O)OC[C@H]2O[C@@H](OC(CCCCCCCCCCCCCCO[Si](c3ccccc3)(c3ccccc3)C(C)(C)C)CC(=O)OC[C@H]3O[C@@H](O1)[C@H](OCc1ccccc1)[C@@H](OCc1ccccc1)[C@@H]3OCc1ccccc1)[C@H](OCc1ccccc1)[C@@H](OCc1ccccc1)[C@@H]2OCc1ccccc1. The summed E-state index contributed by atoms with van der Waals surface area (Å²) >= 11 is 0. The number of benzene rings is 8. The summed E-state index contributed by atoms with van der Waals surface area (Å²) in [6, 6.07) is 81.9. The van der Waals surface area contributed by atoms with Crippen LogP contribution >= 0.6 is 0 Å². The second kappa shape index (κ2) is 53.4. The van der Waals surface area contributed by atoms with E-state index in [2.05, 4.69) is 88.0 Å². The minimum Gasteiger partial charge on any atom is -0.463 e. The molecule has 12 atom stereocenters. The first-order valence-corrected chi connectivity index (χ1v) is 47.6. The zero-order valence-corrected chi connectivity index (χ0v) is 73.6. The quantitative estimate of drug-likeness (QED) is 0.0154. The minimum absolute atomic E-state index is 0.0385. The van der Waals surface area contributed by atoms with Gasteiger partial charge in [0.2, 0.25) is 0 Å². The molecule has 16 heteroatoms. The Morgan fingerprint density at radius 2 is 0.579 bits per heavy atom. The van der Waals surface area contributed by atoms with Crippen molar-refractivity contribution in [3.05, 3.63) is 289 Å². The highest BCUT2D eigenvalue weighted by molar-refractivity contribution is 6.99. The number of hydrogen-bond acceptors (Lipinski definition) is 15. The van der Waals surface area contributed by atoms with E-state index >= 15 is 9.59 Å². The molecule has 8 aromatic carbocycles. The van der Waals surface area contributed by atoms with Gasteiger partial charge in [-0.1, -0.05) is 404 Å². The van der Waals surface area contributed by atoms with Crippen molar-refractivity contribution >= 4 is 30.6 Å². The molecule has 3 aliphatic heterocycles. The Morgan fingerprint density at radius 1 is 0.322 bits per heavy atom. The lowest BCUT2D eigenvalue weighted by Gasteiger charge is -2.47. The minimum atomic E-state index is -2.55. The molecule has 4 bridgehead atoms. The molecule has 3 fully saturated rings. The summed E-state index contributed by atoms with van der Waals surface area (Å²) in [5.74, 6) is -0.993. The smallest absolute Gasteiger partial charge is 0.308 e. The Hall–Kier alpha value is -7.78. The van der Waals surface area contributed by atoms with Crippen LogP contribution in [0.1, 0.15) is 234 Å². The van der Waals surface area contributed by atoms with Gasteiger partial charge in [0.25, 0.3) is 8.32 Å². The first kappa shape index (κ1) is 93.9. The number of unbranched alkanes of at least 4 members (excludes halogenated alkanes) is 22. The maximum absolute atomic E-state index is 15.3. The summed E-state index contributed by atoms with van der Waals surface area (Å²) in [7, 11) is -2.55. The Morgan fingerprint density at radius 3 is 0.868 bits per heavy atom. The van der Waals surface area contributed by atoms with Gasteiger partial charge in [0.05, 0.1) is 64.7 Å². The molecule has 2 unspecified atom stereocenters. The lowest BCUT2D eigenvalue weighted by Crippen LogP contribution is -2.66. The average molecular weight is 1670 g/mol. The first-order valence-electron chi connectivity index (χ1n) is 45.7. The van der Waals surface area contributed by atoms with E-state index in [-0.39, 0.29) is 70.7 Å². The van der Waals surface area contributed by atoms with Gasteiger partial charge in [0.15, 0.2) is 12.6 Å². The molecular weight excluding hydrogens is 1530 g/mol. The van der Waals surface area contributed by atoms with Crippen LogP contribution in [0.25, 0.3) is 0 Å². The monoisotopic (exact) mass is 1670 g/mol. The van der Waals surface area contributed by atoms with Crippen LogP contribution in [0.15, 0.2) is 255 Å². The highest BCUT2D eigenvalue weighted by Crippen LogP contribution is 2.39. The predicted molar refractivity (Wildman–Crippen MR) is 482 cm³/mol. The van der Waals surface area contributed by atoms with Crippen LogP contribution in [0.3, 0.4) is 0 Å². The Labute approximate surface area is 724 Å². The molecule has 15 nitrogen and oxygen atoms in total. The first-order chi connectivity index (χ1) is 59.5. The molecule has 3 saturated heterocycles. The molecule has 0 N–H and O–H groups in total. The van der Waals surface area contributed by atoms with Crippen molar-refractivity contribution in [3.63, 3.8) is 0 Å². The number of ether oxygens (including phenoxy) is 12. The fraction of sp³-hybridized carbons (Fsp3) is 0.505. The van der Waals surface area contributed by atoms with Crippen molar-refractivity contribution in [2.45, 2.75) is 319 Å². The van der Waals surface area contributed by atoms with Crippen molar-refractivity contribution in [1.29, 1.82) is 0 Å². The predicted octanol–water partition coefficient (Wildman–Crippen LogP) is 22.5. The number of rotatable bonds is 50. The normalized spacial score (nSPS) is 21.9. The molecule has 8 aromatic rings. The van der Waals surface area contributed by atoms with Gasteiger partial charge in [-0.25, -0.2) is 0 Å². The molecular formula is C105H138O15Si. The van der Waals surface area contributed by atoms with E-state index in [1.54, 1.807) is 0 Å². The Bertz CT molecular complexity index is 3970. The molecule has 11 rings (SSSR count). The van der Waals surface area contributed by atoms with Crippen LogP contribution in [-0.2, 0) is 110 Å². The van der Waals surface area contributed by atoms with Crippen molar-refractivity contribution in [2.75, 3.05) is 19.8 Å². The van der Waals surface area contributed by atoms with Gasteiger partial charge in [-0.3, -0.25) is 9.59 Å². The maximum atomic E-state index is 15.3. The molecule has 0 saturated carbocycles. The number of carbonyl (C=O) groups is 2. The highest BCUT2D eigenvalue weighted by atomic mass is 28.4. The third kappa shape index (κ3) is 31.7. The number of fused-ring (bicyclic) bond motifs is 4. The van der Waals surface area contributed by atoms with Gasteiger partial charge in [-0.05, 0) is 80.9 Å². The molecule has 0 radical (unpaired) electrons. The van der Waals surface area contributed by atoms with Gasteiger partial charge in [-0.15, -0.1) is 6.58 Å².